The van der Waals surface area contributed by atoms with Crippen molar-refractivity contribution in [2.24, 2.45) is 0 Å². The minimum absolute atomic E-state index is 0.0803. The number of carbonyl (C=O) groups is 2. The Morgan fingerprint density at radius 2 is 1.75 bits per heavy atom. The van der Waals surface area contributed by atoms with Crippen molar-refractivity contribution in [1.82, 2.24) is 14.9 Å². The number of nitrogens with zero attached hydrogens (tertiary/aromatic N) is 3. The highest BCUT2D eigenvalue weighted by atomic mass is 19.1. The van der Waals surface area contributed by atoms with Crippen LogP contribution in [0, 0.1) is 17.5 Å². The molecule has 2 aromatic rings. The maximum atomic E-state index is 13.8. The Morgan fingerprint density at radius 1 is 1.12 bits per heavy atom. The molecule has 0 spiro atoms. The smallest absolute Gasteiger partial charge is 0.278 e. The summed E-state index contributed by atoms with van der Waals surface area (Å²) in [6, 6.07) is 0.752. The molecule has 3 heterocycles. The number of benzene rings is 1. The lowest BCUT2D eigenvalue weighted by atomic mass is 9.99. The largest absolute Gasteiger partial charge is 0.502 e. The molecule has 2 amide bonds. The molecule has 8 nitrogen and oxygen atoms in total. The van der Waals surface area contributed by atoms with Crippen LogP contribution in [0.4, 0.5) is 13.2 Å². The van der Waals surface area contributed by atoms with E-state index in [4.69, 9.17) is 0 Å². The second-order valence-electron chi connectivity index (χ2n) is 8.10. The van der Waals surface area contributed by atoms with E-state index >= 15 is 0 Å². The molecule has 4 rings (SSSR count). The summed E-state index contributed by atoms with van der Waals surface area (Å²) in [6.07, 6.45) is 1.38. The Bertz CT molecular complexity index is 1180. The van der Waals surface area contributed by atoms with Gasteiger partial charge in [-0.2, -0.15) is 0 Å². The molecule has 11 heteroatoms. The van der Waals surface area contributed by atoms with Gasteiger partial charge in [-0.1, -0.05) is 0 Å². The Balaban J connectivity index is 1.72. The van der Waals surface area contributed by atoms with Crippen LogP contribution in [0.1, 0.15) is 53.6 Å². The fourth-order valence-electron chi connectivity index (χ4n) is 4.60. The lowest BCUT2D eigenvalue weighted by Crippen LogP contribution is -2.69. The number of amides is 2. The zero-order valence-corrected chi connectivity index (χ0v) is 17.5. The van der Waals surface area contributed by atoms with E-state index in [1.54, 1.807) is 16.8 Å². The van der Waals surface area contributed by atoms with Crippen LogP contribution in [-0.2, 0) is 6.54 Å². The molecule has 2 aliphatic heterocycles. The Hall–Kier alpha value is -3.50. The highest BCUT2D eigenvalue weighted by Gasteiger charge is 2.46. The Kier molecular flexibility index (Phi) is 5.14. The predicted molar refractivity (Wildman–Crippen MR) is 107 cm³/mol. The molecule has 2 N–H and O–H groups in total. The average molecular weight is 450 g/mol. The van der Waals surface area contributed by atoms with Crippen molar-refractivity contribution in [3.05, 3.63) is 62.8 Å². The van der Waals surface area contributed by atoms with Crippen molar-refractivity contribution < 1.29 is 27.9 Å². The van der Waals surface area contributed by atoms with Gasteiger partial charge in [0, 0.05) is 42.5 Å². The minimum Gasteiger partial charge on any atom is -0.502 e. The first-order valence-corrected chi connectivity index (χ1v) is 10.0. The summed E-state index contributed by atoms with van der Waals surface area (Å²) < 4.78 is 42.1. The van der Waals surface area contributed by atoms with E-state index < -0.39 is 64.3 Å². The summed E-state index contributed by atoms with van der Waals surface area (Å²) in [6.45, 7) is 4.93. The van der Waals surface area contributed by atoms with Crippen LogP contribution < -0.4 is 15.8 Å². The van der Waals surface area contributed by atoms with Crippen LogP contribution in [0.15, 0.2) is 23.1 Å². The molecule has 1 fully saturated rings. The normalized spacial score (nSPS) is 22.1. The van der Waals surface area contributed by atoms with Crippen molar-refractivity contribution in [3.8, 4) is 5.75 Å². The highest BCUT2D eigenvalue weighted by Crippen LogP contribution is 2.33. The number of fused-ring (bicyclic) bond motifs is 4. The zero-order chi connectivity index (χ0) is 23.5. The standard InChI is InChI=1S/C21H21F3N4O4/c1-9-4-10(2)28-11(3)27(9)21(32)17-19(30)18(29)14(8-26(17)28)20(31)25-7-13-15(23)5-12(22)6-16(13)24/h5-6,8-11,30H,4,7H2,1-3H3,(H,25,31)/t9-,10+,11?/m0/s1. The molecule has 1 unspecified atom stereocenters. The Labute approximate surface area is 180 Å². The van der Waals surface area contributed by atoms with Crippen molar-refractivity contribution in [2.45, 2.75) is 52.0 Å². The number of pyridine rings is 1. The quantitative estimate of drug-likeness (QED) is 0.744. The summed E-state index contributed by atoms with van der Waals surface area (Å²) in [5, 5.41) is 14.5. The van der Waals surface area contributed by atoms with E-state index in [-0.39, 0.29) is 17.8 Å². The maximum absolute atomic E-state index is 13.8. The SMILES string of the molecule is CC1N2C(=O)c3c(O)c(=O)c(C(=O)NCc4c(F)cc(F)cc4F)cn3N1[C@H](C)C[C@@H]2C. The monoisotopic (exact) mass is 450 g/mol. The van der Waals surface area contributed by atoms with Gasteiger partial charge in [-0.3, -0.25) is 24.1 Å². The van der Waals surface area contributed by atoms with Gasteiger partial charge < -0.3 is 15.3 Å². The van der Waals surface area contributed by atoms with Gasteiger partial charge >= 0.3 is 0 Å². The van der Waals surface area contributed by atoms with Gasteiger partial charge in [-0.05, 0) is 27.2 Å². The lowest BCUT2D eigenvalue weighted by Gasteiger charge is -2.54. The van der Waals surface area contributed by atoms with E-state index in [1.165, 1.54) is 4.68 Å². The molecule has 0 radical (unpaired) electrons. The number of nitrogens with one attached hydrogen (secondary N) is 1. The van der Waals surface area contributed by atoms with Gasteiger partial charge in [0.05, 0.1) is 0 Å². The molecule has 0 aliphatic carbocycles. The third kappa shape index (κ3) is 3.19. The van der Waals surface area contributed by atoms with Crippen LogP contribution >= 0.6 is 0 Å². The van der Waals surface area contributed by atoms with Crippen molar-refractivity contribution >= 4 is 11.8 Å². The molecule has 1 aromatic carbocycles. The molecule has 0 saturated carbocycles. The van der Waals surface area contributed by atoms with Crippen LogP contribution in [0.2, 0.25) is 0 Å². The van der Waals surface area contributed by atoms with Crippen LogP contribution in [-0.4, -0.2) is 44.7 Å². The van der Waals surface area contributed by atoms with Gasteiger partial charge in [-0.15, -0.1) is 0 Å². The highest BCUT2D eigenvalue weighted by molar-refractivity contribution is 5.99. The number of aromatic hydroxyl groups is 1. The number of hydrogen-bond acceptors (Lipinski definition) is 5. The molecule has 2 bridgehead atoms. The third-order valence-electron chi connectivity index (χ3n) is 6.02. The maximum Gasteiger partial charge on any atom is 0.278 e. The molecule has 170 valence electrons. The van der Waals surface area contributed by atoms with Crippen LogP contribution in [0.3, 0.4) is 0 Å². The van der Waals surface area contributed by atoms with E-state index in [0.29, 0.717) is 18.6 Å². The first kappa shape index (κ1) is 21.7. The molecular weight excluding hydrogens is 429 g/mol. The summed E-state index contributed by atoms with van der Waals surface area (Å²) in [7, 11) is 0. The fourth-order valence-corrected chi connectivity index (χ4v) is 4.60. The van der Waals surface area contributed by atoms with Gasteiger partial charge in [0.15, 0.2) is 11.4 Å². The second-order valence-corrected chi connectivity index (χ2v) is 8.10. The van der Waals surface area contributed by atoms with Gasteiger partial charge in [0.2, 0.25) is 5.43 Å². The molecular formula is C21H21F3N4O4. The average Bonchev–Trinajstić information content (AvgIpc) is 2.68. The molecule has 1 saturated heterocycles. The van der Waals surface area contributed by atoms with Crippen molar-refractivity contribution in [3.63, 3.8) is 0 Å². The topological polar surface area (TPSA) is 94.9 Å². The van der Waals surface area contributed by atoms with Gasteiger partial charge in [0.25, 0.3) is 11.8 Å². The van der Waals surface area contributed by atoms with Gasteiger partial charge in [0.1, 0.15) is 29.2 Å². The van der Waals surface area contributed by atoms with Gasteiger partial charge in [-0.25, -0.2) is 13.2 Å². The number of hydrogen-bond donors (Lipinski definition) is 2. The van der Waals surface area contributed by atoms with E-state index in [9.17, 15) is 32.7 Å². The number of carbonyl (C=O) groups excluding carboxylic acids is 2. The van der Waals surface area contributed by atoms with E-state index in [1.807, 2.05) is 13.8 Å². The van der Waals surface area contributed by atoms with E-state index in [0.717, 1.165) is 6.20 Å². The number of halogens is 3. The Morgan fingerprint density at radius 3 is 2.38 bits per heavy atom. The summed E-state index contributed by atoms with van der Waals surface area (Å²) in [5.41, 5.74) is -2.43. The second kappa shape index (κ2) is 7.57. The molecule has 32 heavy (non-hydrogen) atoms. The first-order valence-electron chi connectivity index (χ1n) is 10.0. The summed E-state index contributed by atoms with van der Waals surface area (Å²) in [4.78, 5) is 39.9. The molecule has 2 aliphatic rings. The number of rotatable bonds is 3. The van der Waals surface area contributed by atoms with Crippen molar-refractivity contribution in [1.29, 1.82) is 0 Å². The van der Waals surface area contributed by atoms with E-state index in [2.05, 4.69) is 5.32 Å². The van der Waals surface area contributed by atoms with Crippen molar-refractivity contribution in [2.75, 3.05) is 5.01 Å². The summed E-state index contributed by atoms with van der Waals surface area (Å²) >= 11 is 0. The minimum atomic E-state index is -1.19. The summed E-state index contributed by atoms with van der Waals surface area (Å²) in [5.74, 6) is -5.92. The molecule has 1 aromatic heterocycles. The van der Waals surface area contributed by atoms with Crippen LogP contribution in [0.5, 0.6) is 5.75 Å². The van der Waals surface area contributed by atoms with Crippen LogP contribution in [0.25, 0.3) is 0 Å². The third-order valence-corrected chi connectivity index (χ3v) is 6.02. The molecule has 3 atom stereocenters. The lowest BCUT2D eigenvalue weighted by molar-refractivity contribution is 0.0310. The first-order chi connectivity index (χ1) is 15.0. The fraction of sp³-hybridized carbons (Fsp3) is 0.381. The number of aromatic nitrogens is 1. The predicted octanol–water partition coefficient (Wildman–Crippen LogP) is 1.82. The zero-order valence-electron chi connectivity index (χ0n) is 17.5.